The fourth-order valence-corrected chi connectivity index (χ4v) is 2.45. The van der Waals surface area contributed by atoms with Crippen LogP contribution in [0.1, 0.15) is 17.2 Å². The van der Waals surface area contributed by atoms with Crippen LogP contribution in [0, 0.1) is 6.92 Å². The molecule has 0 aliphatic rings. The van der Waals surface area contributed by atoms with Crippen molar-refractivity contribution in [3.05, 3.63) is 57.9 Å². The lowest BCUT2D eigenvalue weighted by atomic mass is 10.1. The van der Waals surface area contributed by atoms with Gasteiger partial charge in [0, 0.05) is 30.1 Å². The molecule has 1 amide bonds. The summed E-state index contributed by atoms with van der Waals surface area (Å²) in [7, 11) is 0. The second-order valence-electron chi connectivity index (χ2n) is 5.33. The molecule has 0 atom stereocenters. The molecule has 2 aromatic heterocycles. The van der Waals surface area contributed by atoms with E-state index in [1.54, 1.807) is 6.92 Å². The van der Waals surface area contributed by atoms with Gasteiger partial charge in [-0.05, 0) is 13.0 Å². The third-order valence-corrected chi connectivity index (χ3v) is 3.48. The Morgan fingerprint density at radius 2 is 2.13 bits per heavy atom. The van der Waals surface area contributed by atoms with E-state index < -0.39 is 0 Å². The SMILES string of the molecule is Cc1cc(=O)[nH]c(CCNC(=O)Cc2[nH]nc3ccccc23)n1. The number of aromatic amines is 2. The van der Waals surface area contributed by atoms with E-state index in [4.69, 9.17) is 0 Å². The third kappa shape index (κ3) is 3.63. The van der Waals surface area contributed by atoms with E-state index in [1.165, 1.54) is 6.07 Å². The van der Waals surface area contributed by atoms with E-state index in [1.807, 2.05) is 24.3 Å². The zero-order chi connectivity index (χ0) is 16.2. The van der Waals surface area contributed by atoms with Gasteiger partial charge in [-0.1, -0.05) is 18.2 Å². The van der Waals surface area contributed by atoms with E-state index in [0.29, 0.717) is 24.5 Å². The number of H-pyrrole nitrogens is 2. The van der Waals surface area contributed by atoms with Crippen LogP contribution in [-0.4, -0.2) is 32.6 Å². The van der Waals surface area contributed by atoms with E-state index in [2.05, 4.69) is 25.5 Å². The summed E-state index contributed by atoms with van der Waals surface area (Å²) in [5.74, 6) is 0.469. The molecule has 7 heteroatoms. The normalized spacial score (nSPS) is 10.8. The second kappa shape index (κ2) is 6.43. The van der Waals surface area contributed by atoms with Crippen molar-refractivity contribution in [2.45, 2.75) is 19.8 Å². The molecule has 118 valence electrons. The predicted molar refractivity (Wildman–Crippen MR) is 86.1 cm³/mol. The zero-order valence-corrected chi connectivity index (χ0v) is 12.7. The third-order valence-electron chi connectivity index (χ3n) is 3.48. The van der Waals surface area contributed by atoms with Crippen molar-refractivity contribution in [3.8, 4) is 0 Å². The molecule has 0 fully saturated rings. The van der Waals surface area contributed by atoms with Crippen LogP contribution in [0.4, 0.5) is 0 Å². The molecule has 0 bridgehead atoms. The van der Waals surface area contributed by atoms with Gasteiger partial charge in [0.1, 0.15) is 5.82 Å². The standard InChI is InChI=1S/C16H17N5O2/c1-10-8-16(23)19-14(18-10)6-7-17-15(22)9-13-11-4-2-3-5-12(11)20-21-13/h2-5,8H,6-7,9H2,1H3,(H,17,22)(H,20,21)(H,18,19,23). The second-order valence-corrected chi connectivity index (χ2v) is 5.33. The summed E-state index contributed by atoms with van der Waals surface area (Å²) in [6.45, 7) is 2.18. The molecule has 0 saturated heterocycles. The largest absolute Gasteiger partial charge is 0.355 e. The van der Waals surface area contributed by atoms with Crippen molar-refractivity contribution in [2.24, 2.45) is 0 Å². The highest BCUT2D eigenvalue weighted by molar-refractivity contribution is 5.87. The van der Waals surface area contributed by atoms with E-state index in [-0.39, 0.29) is 17.9 Å². The lowest BCUT2D eigenvalue weighted by Gasteiger charge is -2.05. The van der Waals surface area contributed by atoms with E-state index >= 15 is 0 Å². The van der Waals surface area contributed by atoms with Gasteiger partial charge in [-0.2, -0.15) is 5.10 Å². The zero-order valence-electron chi connectivity index (χ0n) is 12.7. The molecule has 0 aliphatic carbocycles. The number of aryl methyl sites for hydroxylation is 1. The first-order valence-electron chi connectivity index (χ1n) is 7.37. The lowest BCUT2D eigenvalue weighted by molar-refractivity contribution is -0.120. The van der Waals surface area contributed by atoms with Gasteiger partial charge in [-0.15, -0.1) is 0 Å². The van der Waals surface area contributed by atoms with Crippen molar-refractivity contribution in [3.63, 3.8) is 0 Å². The van der Waals surface area contributed by atoms with Gasteiger partial charge in [0.15, 0.2) is 0 Å². The average Bonchev–Trinajstić information content (AvgIpc) is 2.90. The van der Waals surface area contributed by atoms with Crippen molar-refractivity contribution in [2.75, 3.05) is 6.54 Å². The fraction of sp³-hybridized carbons (Fsp3) is 0.250. The highest BCUT2D eigenvalue weighted by atomic mass is 16.1. The summed E-state index contributed by atoms with van der Waals surface area (Å²) in [6.07, 6.45) is 0.713. The molecular formula is C16H17N5O2. The number of hydrogen-bond donors (Lipinski definition) is 3. The van der Waals surface area contributed by atoms with Crippen molar-refractivity contribution >= 4 is 16.8 Å². The van der Waals surface area contributed by atoms with Gasteiger partial charge in [-0.25, -0.2) is 4.98 Å². The fourth-order valence-electron chi connectivity index (χ4n) is 2.45. The van der Waals surface area contributed by atoms with Gasteiger partial charge in [-0.3, -0.25) is 14.7 Å². The first kappa shape index (κ1) is 15.0. The van der Waals surface area contributed by atoms with E-state index in [0.717, 1.165) is 16.6 Å². The Balaban J connectivity index is 1.56. The molecule has 0 saturated carbocycles. The number of fused-ring (bicyclic) bond motifs is 1. The highest BCUT2D eigenvalue weighted by Gasteiger charge is 2.09. The summed E-state index contributed by atoms with van der Waals surface area (Å²) >= 11 is 0. The molecule has 0 spiro atoms. The number of carbonyl (C=O) groups excluding carboxylic acids is 1. The van der Waals surface area contributed by atoms with Crippen LogP contribution < -0.4 is 10.9 Å². The number of nitrogens with one attached hydrogen (secondary N) is 3. The van der Waals surface area contributed by atoms with Crippen molar-refractivity contribution in [1.82, 2.24) is 25.5 Å². The summed E-state index contributed by atoms with van der Waals surface area (Å²) < 4.78 is 0. The summed E-state index contributed by atoms with van der Waals surface area (Å²) in [6, 6.07) is 9.09. The molecule has 1 aromatic carbocycles. The maximum Gasteiger partial charge on any atom is 0.251 e. The Kier molecular flexibility index (Phi) is 4.18. The minimum absolute atomic E-state index is 0.102. The summed E-state index contributed by atoms with van der Waals surface area (Å²) in [5.41, 5.74) is 2.12. The Labute approximate surface area is 132 Å². The first-order valence-corrected chi connectivity index (χ1v) is 7.37. The predicted octanol–water partition coefficient (Wildman–Crippen LogP) is 0.856. The maximum atomic E-state index is 12.0. The Hall–Kier alpha value is -2.96. The number of para-hydroxylation sites is 1. The molecule has 0 unspecified atom stereocenters. The Morgan fingerprint density at radius 1 is 1.30 bits per heavy atom. The maximum absolute atomic E-state index is 12.0. The topological polar surface area (TPSA) is 104 Å². The number of benzene rings is 1. The molecule has 3 aromatic rings. The molecular weight excluding hydrogens is 294 g/mol. The van der Waals surface area contributed by atoms with Gasteiger partial charge in [0.2, 0.25) is 5.91 Å². The number of carbonyl (C=O) groups is 1. The van der Waals surface area contributed by atoms with Gasteiger partial charge >= 0.3 is 0 Å². The van der Waals surface area contributed by atoms with E-state index in [9.17, 15) is 9.59 Å². The molecule has 0 aliphatic heterocycles. The quantitative estimate of drug-likeness (QED) is 0.650. The van der Waals surface area contributed by atoms with Crippen LogP contribution in [0.2, 0.25) is 0 Å². The molecule has 2 heterocycles. The highest BCUT2D eigenvalue weighted by Crippen LogP contribution is 2.15. The first-order chi connectivity index (χ1) is 11.1. The average molecular weight is 311 g/mol. The molecule has 23 heavy (non-hydrogen) atoms. The van der Waals surface area contributed by atoms with Crippen molar-refractivity contribution < 1.29 is 4.79 Å². The number of aromatic nitrogens is 4. The van der Waals surface area contributed by atoms with Gasteiger partial charge in [0.25, 0.3) is 5.56 Å². The summed E-state index contributed by atoms with van der Waals surface area (Å²) in [4.78, 5) is 30.3. The van der Waals surface area contributed by atoms with Crippen LogP contribution in [0.5, 0.6) is 0 Å². The Morgan fingerprint density at radius 3 is 2.96 bits per heavy atom. The van der Waals surface area contributed by atoms with Crippen molar-refractivity contribution in [1.29, 1.82) is 0 Å². The summed E-state index contributed by atoms with van der Waals surface area (Å²) in [5, 5.41) is 10.8. The van der Waals surface area contributed by atoms with Crippen LogP contribution >= 0.6 is 0 Å². The monoisotopic (exact) mass is 311 g/mol. The minimum Gasteiger partial charge on any atom is -0.355 e. The van der Waals surface area contributed by atoms with Gasteiger partial charge < -0.3 is 10.3 Å². The molecule has 0 radical (unpaired) electrons. The molecule has 3 N–H and O–H groups in total. The molecule has 7 nitrogen and oxygen atoms in total. The van der Waals surface area contributed by atoms with Gasteiger partial charge in [0.05, 0.1) is 17.6 Å². The number of nitrogens with zero attached hydrogens (tertiary/aromatic N) is 2. The van der Waals surface area contributed by atoms with Crippen LogP contribution in [0.15, 0.2) is 35.1 Å². The number of hydrogen-bond acceptors (Lipinski definition) is 4. The molecule has 3 rings (SSSR count). The van der Waals surface area contributed by atoms with Crippen LogP contribution in [0.25, 0.3) is 10.9 Å². The number of amides is 1. The Bertz CT molecular complexity index is 897. The minimum atomic E-state index is -0.178. The van der Waals surface area contributed by atoms with Crippen LogP contribution in [0.3, 0.4) is 0 Å². The van der Waals surface area contributed by atoms with Crippen LogP contribution in [-0.2, 0) is 17.6 Å². The smallest absolute Gasteiger partial charge is 0.251 e. The lowest BCUT2D eigenvalue weighted by Crippen LogP contribution is -2.28. The number of rotatable bonds is 5.